The minimum Gasteiger partial charge on any atom is -0.330 e. The van der Waals surface area contributed by atoms with Crippen LogP contribution in [0.15, 0.2) is 65.8 Å². The molecule has 0 amide bonds. The largest absolute Gasteiger partial charge is 0.330 e. The van der Waals surface area contributed by atoms with Crippen LogP contribution in [0, 0.1) is 0 Å². The summed E-state index contributed by atoms with van der Waals surface area (Å²) in [5.74, 6) is 0.972. The van der Waals surface area contributed by atoms with Crippen LogP contribution in [0.25, 0.3) is 11.4 Å². The Morgan fingerprint density at radius 3 is 2.38 bits per heavy atom. The fourth-order valence-electron chi connectivity index (χ4n) is 4.80. The van der Waals surface area contributed by atoms with Gasteiger partial charge in [-0.25, -0.2) is 13.4 Å². The van der Waals surface area contributed by atoms with Crippen LogP contribution in [-0.2, 0) is 29.4 Å². The van der Waals surface area contributed by atoms with E-state index in [-0.39, 0.29) is 0 Å². The van der Waals surface area contributed by atoms with Crippen molar-refractivity contribution in [1.82, 2.24) is 18.8 Å². The molecule has 3 aromatic rings. The Bertz CT molecular complexity index is 1170. The molecule has 7 heteroatoms. The standard InChI is InChI=1S/C25H30N4O2S/c30-32(31,24-11-10-21-6-4-5-9-23(21)20-24)29-18-15-27(16-19-29)14-17-28-13-12-26-25(28)22-7-2-1-3-8-22/h1-3,7-8,10-13,20H,4-6,9,14-19H2. The fourth-order valence-corrected chi connectivity index (χ4v) is 6.27. The van der Waals surface area contributed by atoms with Gasteiger partial charge in [0.1, 0.15) is 5.82 Å². The summed E-state index contributed by atoms with van der Waals surface area (Å²) in [5.41, 5.74) is 3.64. The summed E-state index contributed by atoms with van der Waals surface area (Å²) in [6.07, 6.45) is 8.26. The van der Waals surface area contributed by atoms with E-state index in [4.69, 9.17) is 0 Å². The summed E-state index contributed by atoms with van der Waals surface area (Å²) < 4.78 is 30.3. The quantitative estimate of drug-likeness (QED) is 0.577. The zero-order chi connectivity index (χ0) is 22.0. The molecule has 1 aliphatic carbocycles. The molecule has 6 nitrogen and oxygen atoms in total. The molecule has 168 valence electrons. The van der Waals surface area contributed by atoms with Crippen LogP contribution in [0.1, 0.15) is 24.0 Å². The molecule has 0 radical (unpaired) electrons. The van der Waals surface area contributed by atoms with Crippen LogP contribution in [-0.4, -0.2) is 59.9 Å². The third-order valence-corrected chi connectivity index (χ3v) is 8.59. The SMILES string of the molecule is O=S(=O)(c1ccc2c(c1)CCCC2)N1CCN(CCn2ccnc2-c2ccccc2)CC1. The highest BCUT2D eigenvalue weighted by Crippen LogP contribution is 2.26. The highest BCUT2D eigenvalue weighted by molar-refractivity contribution is 7.89. The van der Waals surface area contributed by atoms with Gasteiger partial charge in [-0.2, -0.15) is 4.31 Å². The van der Waals surface area contributed by atoms with Crippen molar-refractivity contribution in [2.75, 3.05) is 32.7 Å². The number of hydrogen-bond acceptors (Lipinski definition) is 4. The van der Waals surface area contributed by atoms with E-state index in [0.717, 1.165) is 56.8 Å². The van der Waals surface area contributed by atoms with Gasteiger partial charge in [0.05, 0.1) is 4.90 Å². The Balaban J connectivity index is 1.19. The maximum Gasteiger partial charge on any atom is 0.243 e. The normalized spacial score (nSPS) is 17.9. The molecule has 2 heterocycles. The Labute approximate surface area is 190 Å². The van der Waals surface area contributed by atoms with E-state index < -0.39 is 10.0 Å². The molecular formula is C25H30N4O2S. The summed E-state index contributed by atoms with van der Waals surface area (Å²) in [7, 11) is -3.43. The number of fused-ring (bicyclic) bond motifs is 1. The second kappa shape index (κ2) is 9.17. The number of rotatable bonds is 6. The minimum absolute atomic E-state index is 0.456. The molecular weight excluding hydrogens is 420 g/mol. The van der Waals surface area contributed by atoms with Gasteiger partial charge in [0.15, 0.2) is 0 Å². The van der Waals surface area contributed by atoms with Crippen molar-refractivity contribution >= 4 is 10.0 Å². The maximum absolute atomic E-state index is 13.2. The highest BCUT2D eigenvalue weighted by Gasteiger charge is 2.29. The van der Waals surface area contributed by atoms with Gasteiger partial charge in [-0.15, -0.1) is 0 Å². The second-order valence-electron chi connectivity index (χ2n) is 8.69. The molecule has 2 aliphatic rings. The molecule has 1 aromatic heterocycles. The molecule has 2 aromatic carbocycles. The van der Waals surface area contributed by atoms with Crippen molar-refractivity contribution in [2.24, 2.45) is 0 Å². The summed E-state index contributed by atoms with van der Waals surface area (Å²) in [6, 6.07) is 15.9. The van der Waals surface area contributed by atoms with Crippen molar-refractivity contribution in [3.05, 3.63) is 72.1 Å². The Kier molecular flexibility index (Phi) is 6.13. The van der Waals surface area contributed by atoms with E-state index >= 15 is 0 Å². The van der Waals surface area contributed by atoms with Crippen molar-refractivity contribution in [3.63, 3.8) is 0 Å². The number of benzene rings is 2. The molecule has 0 unspecified atom stereocenters. The third-order valence-electron chi connectivity index (χ3n) is 6.69. The molecule has 32 heavy (non-hydrogen) atoms. The molecule has 1 fully saturated rings. The summed E-state index contributed by atoms with van der Waals surface area (Å²) in [4.78, 5) is 7.31. The van der Waals surface area contributed by atoms with Crippen molar-refractivity contribution in [3.8, 4) is 11.4 Å². The van der Waals surface area contributed by atoms with Gasteiger partial charge in [0.2, 0.25) is 10.0 Å². The number of sulfonamides is 1. The maximum atomic E-state index is 13.2. The first-order chi connectivity index (χ1) is 15.6. The average Bonchev–Trinajstić information content (AvgIpc) is 3.32. The molecule has 0 atom stereocenters. The summed E-state index contributed by atoms with van der Waals surface area (Å²) in [6.45, 7) is 4.29. The lowest BCUT2D eigenvalue weighted by Gasteiger charge is -2.34. The monoisotopic (exact) mass is 450 g/mol. The van der Waals surface area contributed by atoms with Crippen molar-refractivity contribution in [1.29, 1.82) is 0 Å². The molecule has 5 rings (SSSR count). The van der Waals surface area contributed by atoms with E-state index in [1.807, 2.05) is 42.7 Å². The predicted molar refractivity (Wildman–Crippen MR) is 126 cm³/mol. The lowest BCUT2D eigenvalue weighted by atomic mass is 9.92. The van der Waals surface area contributed by atoms with E-state index in [0.29, 0.717) is 18.0 Å². The van der Waals surface area contributed by atoms with Crippen LogP contribution < -0.4 is 0 Å². The topological polar surface area (TPSA) is 58.4 Å². The molecule has 0 bridgehead atoms. The van der Waals surface area contributed by atoms with Gasteiger partial charge in [-0.3, -0.25) is 4.90 Å². The van der Waals surface area contributed by atoms with Gasteiger partial charge >= 0.3 is 0 Å². The van der Waals surface area contributed by atoms with E-state index in [1.165, 1.54) is 17.5 Å². The van der Waals surface area contributed by atoms with Crippen molar-refractivity contribution in [2.45, 2.75) is 37.1 Å². The molecule has 0 saturated carbocycles. The van der Waals surface area contributed by atoms with Gasteiger partial charge < -0.3 is 4.57 Å². The van der Waals surface area contributed by atoms with Crippen LogP contribution >= 0.6 is 0 Å². The van der Waals surface area contributed by atoms with Crippen LogP contribution in [0.2, 0.25) is 0 Å². The predicted octanol–water partition coefficient (Wildman–Crippen LogP) is 3.44. The van der Waals surface area contributed by atoms with E-state index in [1.54, 1.807) is 10.4 Å². The number of nitrogens with zero attached hydrogens (tertiary/aromatic N) is 4. The summed E-state index contributed by atoms with van der Waals surface area (Å²) >= 11 is 0. The lowest BCUT2D eigenvalue weighted by Crippen LogP contribution is -2.49. The van der Waals surface area contributed by atoms with E-state index in [2.05, 4.69) is 26.6 Å². The van der Waals surface area contributed by atoms with Crippen LogP contribution in [0.3, 0.4) is 0 Å². The van der Waals surface area contributed by atoms with Gasteiger partial charge in [0.25, 0.3) is 0 Å². The number of aryl methyl sites for hydroxylation is 2. The van der Waals surface area contributed by atoms with Gasteiger partial charge in [-0.1, -0.05) is 36.4 Å². The second-order valence-corrected chi connectivity index (χ2v) is 10.6. The number of aromatic nitrogens is 2. The van der Waals surface area contributed by atoms with Crippen LogP contribution in [0.4, 0.5) is 0 Å². The zero-order valence-corrected chi connectivity index (χ0v) is 19.2. The number of imidazole rings is 1. The first-order valence-corrected chi connectivity index (χ1v) is 13.0. The number of piperazine rings is 1. The molecule has 1 aliphatic heterocycles. The first kappa shape index (κ1) is 21.4. The Morgan fingerprint density at radius 1 is 0.844 bits per heavy atom. The third kappa shape index (κ3) is 4.37. The Hall–Kier alpha value is -2.48. The van der Waals surface area contributed by atoms with Gasteiger partial charge in [0, 0.05) is 57.2 Å². The average molecular weight is 451 g/mol. The summed E-state index contributed by atoms with van der Waals surface area (Å²) in [5, 5.41) is 0. The smallest absolute Gasteiger partial charge is 0.243 e. The molecule has 1 saturated heterocycles. The molecule has 0 N–H and O–H groups in total. The fraction of sp³-hybridized carbons (Fsp3) is 0.400. The minimum atomic E-state index is -3.43. The lowest BCUT2D eigenvalue weighted by molar-refractivity contribution is 0.183. The van der Waals surface area contributed by atoms with Crippen LogP contribution in [0.5, 0.6) is 0 Å². The Morgan fingerprint density at radius 2 is 1.59 bits per heavy atom. The zero-order valence-electron chi connectivity index (χ0n) is 18.4. The highest BCUT2D eigenvalue weighted by atomic mass is 32.2. The van der Waals surface area contributed by atoms with E-state index in [9.17, 15) is 8.42 Å². The van der Waals surface area contributed by atoms with Crippen molar-refractivity contribution < 1.29 is 8.42 Å². The van der Waals surface area contributed by atoms with Gasteiger partial charge in [-0.05, 0) is 48.9 Å². The molecule has 0 spiro atoms. The number of hydrogen-bond donors (Lipinski definition) is 0. The first-order valence-electron chi connectivity index (χ1n) is 11.5.